The molecule has 1 amide bonds. The average Bonchev–Trinajstić information content (AvgIpc) is 2.88. The molecular formula is C14H21N3O. The van der Waals surface area contributed by atoms with Crippen molar-refractivity contribution in [2.75, 3.05) is 11.9 Å². The van der Waals surface area contributed by atoms with Crippen LogP contribution in [0.3, 0.4) is 0 Å². The molecule has 5 N–H and O–H groups in total. The Hall–Kier alpha value is -1.39. The quantitative estimate of drug-likeness (QED) is 0.753. The summed E-state index contributed by atoms with van der Waals surface area (Å²) in [6, 6.07) is 7.66. The van der Waals surface area contributed by atoms with Crippen molar-refractivity contribution in [3.63, 3.8) is 0 Å². The lowest BCUT2D eigenvalue weighted by molar-refractivity contribution is -0.120. The van der Waals surface area contributed by atoms with Crippen LogP contribution in [0.25, 0.3) is 0 Å². The minimum absolute atomic E-state index is 0.0733. The number of benzene rings is 1. The maximum atomic E-state index is 12.1. The molecule has 0 heterocycles. The molecule has 0 unspecified atom stereocenters. The smallest absolute Gasteiger partial charge is 0.227 e. The molecule has 4 heteroatoms. The summed E-state index contributed by atoms with van der Waals surface area (Å²) in [7, 11) is 0. The monoisotopic (exact) mass is 247 g/mol. The van der Waals surface area contributed by atoms with E-state index < -0.39 is 0 Å². The summed E-state index contributed by atoms with van der Waals surface area (Å²) < 4.78 is 0. The molecule has 1 aliphatic rings. The molecule has 1 aromatic rings. The van der Waals surface area contributed by atoms with Crippen molar-refractivity contribution in [1.29, 1.82) is 0 Å². The Morgan fingerprint density at radius 2 is 1.94 bits per heavy atom. The van der Waals surface area contributed by atoms with Gasteiger partial charge in [0.2, 0.25) is 5.91 Å². The van der Waals surface area contributed by atoms with E-state index in [1.165, 1.54) is 0 Å². The number of anilines is 1. The topological polar surface area (TPSA) is 81.1 Å². The summed E-state index contributed by atoms with van der Waals surface area (Å²) in [6.45, 7) is 1.12. The van der Waals surface area contributed by atoms with Crippen LogP contribution in [0.2, 0.25) is 0 Å². The first-order valence-corrected chi connectivity index (χ1v) is 6.54. The molecule has 1 aromatic carbocycles. The molecule has 0 saturated heterocycles. The third kappa shape index (κ3) is 2.89. The fraction of sp³-hybridized carbons (Fsp3) is 0.500. The predicted molar refractivity (Wildman–Crippen MR) is 72.8 cm³/mol. The Morgan fingerprint density at radius 1 is 1.22 bits per heavy atom. The zero-order valence-corrected chi connectivity index (χ0v) is 10.6. The molecule has 0 bridgehead atoms. The van der Waals surface area contributed by atoms with E-state index in [0.29, 0.717) is 19.0 Å². The Bertz CT molecular complexity index is 402. The number of amides is 1. The summed E-state index contributed by atoms with van der Waals surface area (Å²) in [5.41, 5.74) is 13.1. The van der Waals surface area contributed by atoms with Crippen molar-refractivity contribution in [3.05, 3.63) is 29.8 Å². The van der Waals surface area contributed by atoms with Crippen LogP contribution in [0, 0.1) is 11.8 Å². The minimum atomic E-state index is 0.0733. The number of carbonyl (C=O) groups excluding carboxylic acids is 1. The molecular weight excluding hydrogens is 226 g/mol. The summed E-state index contributed by atoms with van der Waals surface area (Å²) in [6.07, 6.45) is 3.13. The third-order valence-corrected chi connectivity index (χ3v) is 3.76. The average molecular weight is 247 g/mol. The van der Waals surface area contributed by atoms with E-state index in [1.54, 1.807) is 0 Å². The highest BCUT2D eigenvalue weighted by atomic mass is 16.1. The zero-order chi connectivity index (χ0) is 13.0. The van der Waals surface area contributed by atoms with Crippen LogP contribution in [0.5, 0.6) is 0 Å². The summed E-state index contributed by atoms with van der Waals surface area (Å²) in [5, 5.41) is 2.96. The molecule has 1 aliphatic carbocycles. The van der Waals surface area contributed by atoms with Gasteiger partial charge in [0.05, 0.1) is 0 Å². The normalized spacial score (nSPS) is 23.0. The number of nitrogens with two attached hydrogens (primary N) is 2. The fourth-order valence-corrected chi connectivity index (χ4v) is 2.62. The molecule has 1 fully saturated rings. The van der Waals surface area contributed by atoms with Gasteiger partial charge in [0.15, 0.2) is 0 Å². The van der Waals surface area contributed by atoms with Gasteiger partial charge in [-0.1, -0.05) is 18.6 Å². The summed E-state index contributed by atoms with van der Waals surface area (Å²) in [5.74, 6) is 0.515. The van der Waals surface area contributed by atoms with Crippen molar-refractivity contribution in [1.82, 2.24) is 0 Å². The van der Waals surface area contributed by atoms with Crippen LogP contribution < -0.4 is 16.8 Å². The first-order valence-electron chi connectivity index (χ1n) is 6.54. The first-order chi connectivity index (χ1) is 8.74. The largest absolute Gasteiger partial charge is 0.330 e. The van der Waals surface area contributed by atoms with Gasteiger partial charge in [0.25, 0.3) is 0 Å². The molecule has 18 heavy (non-hydrogen) atoms. The molecule has 2 rings (SSSR count). The van der Waals surface area contributed by atoms with Crippen LogP contribution >= 0.6 is 0 Å². The van der Waals surface area contributed by atoms with Gasteiger partial charge >= 0.3 is 0 Å². The molecule has 0 aliphatic heterocycles. The van der Waals surface area contributed by atoms with Crippen LogP contribution in [-0.4, -0.2) is 12.5 Å². The molecule has 0 radical (unpaired) electrons. The number of hydrogen-bond acceptors (Lipinski definition) is 3. The first kappa shape index (κ1) is 13.1. The standard InChI is InChI=1S/C14H21N3O/c15-8-10-4-6-12(7-5-10)17-14(18)13-3-1-2-11(13)9-16/h4-7,11,13H,1-3,8-9,15-16H2,(H,17,18)/t11-,13-/m1/s1. The van der Waals surface area contributed by atoms with Crippen LogP contribution in [-0.2, 0) is 11.3 Å². The second-order valence-corrected chi connectivity index (χ2v) is 4.92. The van der Waals surface area contributed by atoms with Gasteiger partial charge < -0.3 is 16.8 Å². The second kappa shape index (κ2) is 5.98. The van der Waals surface area contributed by atoms with Crippen molar-refractivity contribution in [3.8, 4) is 0 Å². The van der Waals surface area contributed by atoms with Crippen molar-refractivity contribution in [2.24, 2.45) is 23.3 Å². The number of rotatable bonds is 4. The van der Waals surface area contributed by atoms with Gasteiger partial charge in [0, 0.05) is 18.2 Å². The lowest BCUT2D eigenvalue weighted by atomic mass is 9.95. The minimum Gasteiger partial charge on any atom is -0.330 e. The van der Waals surface area contributed by atoms with Crippen LogP contribution in [0.15, 0.2) is 24.3 Å². The van der Waals surface area contributed by atoms with Crippen molar-refractivity contribution >= 4 is 11.6 Å². The van der Waals surface area contributed by atoms with Gasteiger partial charge in [-0.15, -0.1) is 0 Å². The fourth-order valence-electron chi connectivity index (χ4n) is 2.62. The maximum Gasteiger partial charge on any atom is 0.227 e. The van der Waals surface area contributed by atoms with E-state index >= 15 is 0 Å². The summed E-state index contributed by atoms with van der Waals surface area (Å²) in [4.78, 5) is 12.1. The Kier molecular flexibility index (Phi) is 4.33. The lowest BCUT2D eigenvalue weighted by Gasteiger charge is -2.17. The predicted octanol–water partition coefficient (Wildman–Crippen LogP) is 1.46. The lowest BCUT2D eigenvalue weighted by Crippen LogP contribution is -2.29. The van der Waals surface area contributed by atoms with E-state index in [0.717, 1.165) is 30.5 Å². The number of carbonyl (C=O) groups is 1. The van der Waals surface area contributed by atoms with E-state index in [4.69, 9.17) is 11.5 Å². The third-order valence-electron chi connectivity index (χ3n) is 3.76. The van der Waals surface area contributed by atoms with Crippen LogP contribution in [0.4, 0.5) is 5.69 Å². The Labute approximate surface area is 108 Å². The van der Waals surface area contributed by atoms with Crippen molar-refractivity contribution in [2.45, 2.75) is 25.8 Å². The van der Waals surface area contributed by atoms with E-state index in [1.807, 2.05) is 24.3 Å². The highest BCUT2D eigenvalue weighted by Crippen LogP contribution is 2.31. The number of hydrogen-bond donors (Lipinski definition) is 3. The zero-order valence-electron chi connectivity index (χ0n) is 10.6. The maximum absolute atomic E-state index is 12.1. The van der Waals surface area contributed by atoms with Gasteiger partial charge in [-0.25, -0.2) is 0 Å². The molecule has 1 saturated carbocycles. The SMILES string of the molecule is NCc1ccc(NC(=O)[C@@H]2CCC[C@@H]2CN)cc1. The molecule has 0 spiro atoms. The van der Waals surface area contributed by atoms with Gasteiger partial charge in [0.1, 0.15) is 0 Å². The van der Waals surface area contributed by atoms with Gasteiger partial charge in [-0.2, -0.15) is 0 Å². The van der Waals surface area contributed by atoms with E-state index in [2.05, 4.69) is 5.32 Å². The van der Waals surface area contributed by atoms with Gasteiger partial charge in [-0.3, -0.25) is 4.79 Å². The Morgan fingerprint density at radius 3 is 2.56 bits per heavy atom. The highest BCUT2D eigenvalue weighted by Gasteiger charge is 2.31. The van der Waals surface area contributed by atoms with Crippen LogP contribution in [0.1, 0.15) is 24.8 Å². The molecule has 4 nitrogen and oxygen atoms in total. The number of nitrogens with one attached hydrogen (secondary N) is 1. The summed E-state index contributed by atoms with van der Waals surface area (Å²) >= 11 is 0. The van der Waals surface area contributed by atoms with Gasteiger partial charge in [-0.05, 0) is 43.0 Å². The second-order valence-electron chi connectivity index (χ2n) is 4.92. The molecule has 0 aromatic heterocycles. The van der Waals surface area contributed by atoms with Crippen molar-refractivity contribution < 1.29 is 4.79 Å². The molecule has 2 atom stereocenters. The van der Waals surface area contributed by atoms with E-state index in [-0.39, 0.29) is 11.8 Å². The Balaban J connectivity index is 1.97. The van der Waals surface area contributed by atoms with E-state index in [9.17, 15) is 4.79 Å². The highest BCUT2D eigenvalue weighted by molar-refractivity contribution is 5.92. The molecule has 98 valence electrons.